The molecule has 2 amide bonds. The fourth-order valence-corrected chi connectivity index (χ4v) is 4.16. The van der Waals surface area contributed by atoms with E-state index >= 15 is 0 Å². The molecule has 41 heavy (non-hydrogen) atoms. The minimum Gasteiger partial charge on any atom is -0.534 e. The highest BCUT2D eigenvalue weighted by molar-refractivity contribution is 7.13. The predicted molar refractivity (Wildman–Crippen MR) is 142 cm³/mol. The van der Waals surface area contributed by atoms with E-state index in [2.05, 4.69) is 20.8 Å². The average Bonchev–Trinajstić information content (AvgIpc) is 3.31. The summed E-state index contributed by atoms with van der Waals surface area (Å²) in [5.74, 6) is -6.92. The lowest BCUT2D eigenvalue weighted by Crippen LogP contribution is -2.55. The van der Waals surface area contributed by atoms with Gasteiger partial charge in [0.2, 0.25) is 5.60 Å². The zero-order chi connectivity index (χ0) is 30.5. The summed E-state index contributed by atoms with van der Waals surface area (Å²) in [4.78, 5) is 69.1. The molecule has 2 aromatic rings. The summed E-state index contributed by atoms with van der Waals surface area (Å²) in [6.45, 7) is 2.48. The standard InChI is InChI=1S/C23H26BN5O11S/c1-23(2,21(37)26-12(20(35)36)6-7-15(30)31)40-29-16(13-9-41-22(25)27-13)18(32)28-14-8-10-4-3-5-11(19(33)34)17(10)39-24(14)38/h3-5,9,12,14,38H,6-8H2,1-2H3,(H2,25,27)(H,26,37)(H,28,32)(H,30,31)(H,33,34)(H,35,36)/b29-16-/t12-,14-/m0/s1. The molecule has 0 bridgehead atoms. The molecule has 16 nitrogen and oxygen atoms in total. The summed E-state index contributed by atoms with van der Waals surface area (Å²) < 4.78 is 5.38. The van der Waals surface area contributed by atoms with Crippen molar-refractivity contribution in [2.45, 2.75) is 50.7 Å². The summed E-state index contributed by atoms with van der Waals surface area (Å²) in [6, 6.07) is 2.85. The number of nitrogen functional groups attached to an aromatic ring is 1. The van der Waals surface area contributed by atoms with Crippen molar-refractivity contribution in [2.75, 3.05) is 5.73 Å². The van der Waals surface area contributed by atoms with E-state index in [0.717, 1.165) is 11.3 Å². The zero-order valence-corrected chi connectivity index (χ0v) is 22.5. The molecule has 1 aromatic carbocycles. The number of thiazole rings is 1. The third-order valence-electron chi connectivity index (χ3n) is 5.81. The van der Waals surface area contributed by atoms with Gasteiger partial charge in [0, 0.05) is 11.8 Å². The number of carbonyl (C=O) groups is 5. The van der Waals surface area contributed by atoms with E-state index in [9.17, 15) is 39.2 Å². The first-order chi connectivity index (χ1) is 19.2. The van der Waals surface area contributed by atoms with Gasteiger partial charge in [0.05, 0.1) is 11.5 Å². The summed E-state index contributed by atoms with van der Waals surface area (Å²) in [5.41, 5.74) is 3.62. The first-order valence-corrected chi connectivity index (χ1v) is 12.8. The highest BCUT2D eigenvalue weighted by atomic mass is 32.1. The van der Waals surface area contributed by atoms with Crippen molar-refractivity contribution < 1.29 is 53.8 Å². The van der Waals surface area contributed by atoms with Crippen LogP contribution in [0.15, 0.2) is 28.7 Å². The van der Waals surface area contributed by atoms with Crippen LogP contribution in [0.2, 0.25) is 0 Å². The van der Waals surface area contributed by atoms with Gasteiger partial charge in [-0.05, 0) is 38.3 Å². The smallest absolute Gasteiger partial charge is 0.534 e. The van der Waals surface area contributed by atoms with Gasteiger partial charge in [-0.3, -0.25) is 14.4 Å². The second-order valence-electron chi connectivity index (χ2n) is 9.30. The number of nitrogens with two attached hydrogens (primary N) is 1. The van der Waals surface area contributed by atoms with Gasteiger partial charge >= 0.3 is 25.0 Å². The van der Waals surface area contributed by atoms with E-state index in [1.807, 2.05) is 0 Å². The van der Waals surface area contributed by atoms with E-state index < -0.39 is 66.6 Å². The monoisotopic (exact) mass is 591 g/mol. The molecular weight excluding hydrogens is 565 g/mol. The molecule has 218 valence electrons. The van der Waals surface area contributed by atoms with Crippen molar-refractivity contribution in [3.8, 4) is 5.75 Å². The maximum absolute atomic E-state index is 13.3. The van der Waals surface area contributed by atoms with Gasteiger partial charge in [0.15, 0.2) is 10.8 Å². The predicted octanol–water partition coefficient (Wildman–Crippen LogP) is -0.503. The third-order valence-corrected chi connectivity index (χ3v) is 6.48. The molecule has 0 unspecified atom stereocenters. The van der Waals surface area contributed by atoms with Crippen LogP contribution in [0.1, 0.15) is 48.3 Å². The maximum Gasteiger partial charge on any atom is 0.547 e. The number of rotatable bonds is 12. The van der Waals surface area contributed by atoms with Crippen LogP contribution >= 0.6 is 11.3 Å². The van der Waals surface area contributed by atoms with E-state index in [1.165, 1.54) is 31.4 Å². The number of aliphatic carboxylic acids is 2. The number of carboxylic acid groups (broad SMARTS) is 3. The number of para-hydroxylation sites is 1. The molecule has 0 fully saturated rings. The number of carbonyl (C=O) groups excluding carboxylic acids is 2. The number of anilines is 1. The highest BCUT2D eigenvalue weighted by Gasteiger charge is 2.39. The van der Waals surface area contributed by atoms with Crippen molar-refractivity contribution in [1.29, 1.82) is 0 Å². The molecule has 0 saturated heterocycles. The molecule has 1 aliphatic rings. The fourth-order valence-electron chi connectivity index (χ4n) is 3.61. The molecule has 18 heteroatoms. The number of aromatic carboxylic acids is 1. The molecule has 1 aliphatic heterocycles. The SMILES string of the molecule is CC(C)(O/N=C(\C(=O)N[C@H]1Cc2cccc(C(=O)O)c2OB1O)c1csc(N)n1)C(=O)N[C@@H](CCC(=O)O)C(=O)O. The Balaban J connectivity index is 1.80. The van der Waals surface area contributed by atoms with Crippen LogP contribution in [0.4, 0.5) is 5.13 Å². The lowest BCUT2D eigenvalue weighted by molar-refractivity contribution is -0.150. The van der Waals surface area contributed by atoms with Crippen LogP contribution in [-0.2, 0) is 30.4 Å². The number of nitrogens with one attached hydrogen (secondary N) is 2. The van der Waals surface area contributed by atoms with E-state index in [0.29, 0.717) is 5.56 Å². The van der Waals surface area contributed by atoms with Crippen LogP contribution < -0.4 is 21.0 Å². The molecular formula is C23H26BN5O11S. The minimum atomic E-state index is -1.84. The third kappa shape index (κ3) is 7.70. The zero-order valence-electron chi connectivity index (χ0n) is 21.7. The molecule has 2 heterocycles. The van der Waals surface area contributed by atoms with Gasteiger partial charge in [-0.2, -0.15) is 0 Å². The number of aromatic nitrogens is 1. The number of fused-ring (bicyclic) bond motifs is 1. The van der Waals surface area contributed by atoms with Crippen molar-refractivity contribution in [1.82, 2.24) is 15.6 Å². The Morgan fingerprint density at radius 2 is 1.98 bits per heavy atom. The van der Waals surface area contributed by atoms with E-state index in [1.54, 1.807) is 6.07 Å². The summed E-state index contributed by atoms with van der Waals surface area (Å²) in [6.07, 6.45) is -0.896. The Bertz CT molecular complexity index is 1400. The van der Waals surface area contributed by atoms with Crippen LogP contribution in [0.5, 0.6) is 5.75 Å². The Hall–Kier alpha value is -4.71. The number of hydrogen-bond acceptors (Lipinski definition) is 12. The quantitative estimate of drug-likeness (QED) is 0.0934. The van der Waals surface area contributed by atoms with Gasteiger partial charge in [-0.15, -0.1) is 11.3 Å². The van der Waals surface area contributed by atoms with Crippen molar-refractivity contribution >= 4 is 59.0 Å². The van der Waals surface area contributed by atoms with Crippen molar-refractivity contribution in [3.63, 3.8) is 0 Å². The molecule has 0 spiro atoms. The Kier molecular flexibility index (Phi) is 9.51. The Labute approximate surface area is 236 Å². The Morgan fingerprint density at radius 3 is 2.56 bits per heavy atom. The van der Waals surface area contributed by atoms with Crippen LogP contribution in [-0.4, -0.2) is 85.5 Å². The number of oxime groups is 1. The van der Waals surface area contributed by atoms with E-state index in [4.69, 9.17) is 20.3 Å². The van der Waals surface area contributed by atoms with Gasteiger partial charge in [-0.25, -0.2) is 14.6 Å². The largest absolute Gasteiger partial charge is 0.547 e. The highest BCUT2D eigenvalue weighted by Crippen LogP contribution is 2.30. The van der Waals surface area contributed by atoms with Crippen LogP contribution in [0, 0.1) is 0 Å². The van der Waals surface area contributed by atoms with Crippen LogP contribution in [0.25, 0.3) is 0 Å². The number of carboxylic acids is 3. The number of amides is 2. The molecule has 8 N–H and O–H groups in total. The average molecular weight is 591 g/mol. The van der Waals surface area contributed by atoms with Gasteiger partial charge in [0.1, 0.15) is 17.5 Å². The number of benzene rings is 1. The number of hydrogen-bond donors (Lipinski definition) is 7. The molecule has 3 rings (SSSR count). The van der Waals surface area contributed by atoms with Gasteiger partial charge in [-0.1, -0.05) is 17.3 Å². The lowest BCUT2D eigenvalue weighted by Gasteiger charge is -2.29. The number of nitrogens with zero attached hydrogens (tertiary/aromatic N) is 2. The topological polar surface area (TPSA) is 260 Å². The minimum absolute atomic E-state index is 0.00246. The molecule has 0 radical (unpaired) electrons. The summed E-state index contributed by atoms with van der Waals surface area (Å²) in [7, 11) is -1.63. The second-order valence-corrected chi connectivity index (χ2v) is 10.2. The molecule has 2 atom stereocenters. The molecule has 1 aromatic heterocycles. The maximum atomic E-state index is 13.3. The van der Waals surface area contributed by atoms with Crippen molar-refractivity contribution in [2.24, 2.45) is 5.16 Å². The summed E-state index contributed by atoms with van der Waals surface area (Å²) >= 11 is 0.979. The fraction of sp³-hybridized carbons (Fsp3) is 0.348. The van der Waals surface area contributed by atoms with Crippen LogP contribution in [0.3, 0.4) is 0 Å². The Morgan fingerprint density at radius 1 is 1.27 bits per heavy atom. The normalized spacial score (nSPS) is 15.6. The summed E-state index contributed by atoms with van der Waals surface area (Å²) in [5, 5.41) is 48.0. The lowest BCUT2D eigenvalue weighted by atomic mass is 9.72. The molecule has 0 aliphatic carbocycles. The first kappa shape index (κ1) is 30.8. The van der Waals surface area contributed by atoms with Gasteiger partial charge in [0.25, 0.3) is 11.8 Å². The first-order valence-electron chi connectivity index (χ1n) is 11.9. The molecule has 0 saturated carbocycles. The van der Waals surface area contributed by atoms with Gasteiger partial charge < -0.3 is 46.2 Å². The van der Waals surface area contributed by atoms with Crippen molar-refractivity contribution in [3.05, 3.63) is 40.4 Å². The van der Waals surface area contributed by atoms with E-state index in [-0.39, 0.29) is 35.0 Å². The second kappa shape index (κ2) is 12.6.